The SMILES string of the molecule is CNCc1cn(CC2CCN(c3cc(-n4cc(C)cn4)ncn3)CC2)nn1. The highest BCUT2D eigenvalue weighted by atomic mass is 15.4. The minimum Gasteiger partial charge on any atom is -0.356 e. The van der Waals surface area contributed by atoms with Crippen LogP contribution in [0.2, 0.25) is 0 Å². The third-order valence-corrected chi connectivity index (χ3v) is 4.91. The van der Waals surface area contributed by atoms with Crippen LogP contribution in [-0.2, 0) is 13.1 Å². The highest BCUT2D eigenvalue weighted by molar-refractivity contribution is 5.43. The van der Waals surface area contributed by atoms with Crippen LogP contribution in [0.1, 0.15) is 24.1 Å². The zero-order chi connectivity index (χ0) is 18.6. The predicted molar refractivity (Wildman–Crippen MR) is 102 cm³/mol. The van der Waals surface area contributed by atoms with E-state index >= 15 is 0 Å². The van der Waals surface area contributed by atoms with Crippen molar-refractivity contribution in [1.82, 2.24) is 40.1 Å². The van der Waals surface area contributed by atoms with E-state index in [9.17, 15) is 0 Å². The first-order chi connectivity index (χ1) is 13.2. The number of nitrogens with one attached hydrogen (secondary N) is 1. The highest BCUT2D eigenvalue weighted by Crippen LogP contribution is 2.23. The lowest BCUT2D eigenvalue weighted by atomic mass is 9.97. The average molecular weight is 367 g/mol. The topological polar surface area (TPSA) is 89.6 Å². The average Bonchev–Trinajstić information content (AvgIpc) is 3.32. The van der Waals surface area contributed by atoms with Gasteiger partial charge in [-0.05, 0) is 38.3 Å². The standard InChI is InChI=1S/C18H25N9/c1-14-8-22-27(10-14)18-7-17(20-13-21-18)25-5-3-15(4-6-25)11-26-12-16(9-19-2)23-24-26/h7-8,10,12-13,15,19H,3-6,9,11H2,1-2H3. The van der Waals surface area contributed by atoms with Gasteiger partial charge in [0.2, 0.25) is 0 Å². The molecule has 1 fully saturated rings. The van der Waals surface area contributed by atoms with Crippen LogP contribution in [0.5, 0.6) is 0 Å². The molecule has 0 spiro atoms. The molecule has 0 radical (unpaired) electrons. The van der Waals surface area contributed by atoms with E-state index in [1.165, 1.54) is 0 Å². The molecule has 0 atom stereocenters. The lowest BCUT2D eigenvalue weighted by molar-refractivity contribution is 0.338. The smallest absolute Gasteiger partial charge is 0.158 e. The van der Waals surface area contributed by atoms with Crippen molar-refractivity contribution in [2.75, 3.05) is 25.0 Å². The van der Waals surface area contributed by atoms with E-state index in [0.29, 0.717) is 5.92 Å². The summed E-state index contributed by atoms with van der Waals surface area (Å²) < 4.78 is 3.76. The number of hydrogen-bond donors (Lipinski definition) is 1. The molecule has 4 rings (SSSR count). The minimum atomic E-state index is 0.612. The third kappa shape index (κ3) is 4.13. The van der Waals surface area contributed by atoms with E-state index < -0.39 is 0 Å². The Morgan fingerprint density at radius 2 is 1.96 bits per heavy atom. The molecule has 0 amide bonds. The van der Waals surface area contributed by atoms with E-state index in [-0.39, 0.29) is 0 Å². The fourth-order valence-electron chi connectivity index (χ4n) is 3.47. The second-order valence-electron chi connectivity index (χ2n) is 7.09. The van der Waals surface area contributed by atoms with Gasteiger partial charge in [0.25, 0.3) is 0 Å². The summed E-state index contributed by atoms with van der Waals surface area (Å²) in [5, 5.41) is 15.9. The van der Waals surface area contributed by atoms with Gasteiger partial charge in [-0.1, -0.05) is 5.21 Å². The molecule has 3 aromatic rings. The van der Waals surface area contributed by atoms with Crippen molar-refractivity contribution >= 4 is 5.82 Å². The molecule has 0 unspecified atom stereocenters. The summed E-state index contributed by atoms with van der Waals surface area (Å²) >= 11 is 0. The summed E-state index contributed by atoms with van der Waals surface area (Å²) in [7, 11) is 1.92. The third-order valence-electron chi connectivity index (χ3n) is 4.91. The highest BCUT2D eigenvalue weighted by Gasteiger charge is 2.21. The van der Waals surface area contributed by atoms with Crippen LogP contribution in [0, 0.1) is 12.8 Å². The molecule has 142 valence electrons. The zero-order valence-corrected chi connectivity index (χ0v) is 15.8. The van der Waals surface area contributed by atoms with Gasteiger partial charge in [0.05, 0.1) is 11.9 Å². The summed E-state index contributed by atoms with van der Waals surface area (Å²) in [6.45, 7) is 5.66. The first-order valence-electron chi connectivity index (χ1n) is 9.33. The Balaban J connectivity index is 1.36. The summed E-state index contributed by atoms with van der Waals surface area (Å²) in [6.07, 6.45) is 9.68. The van der Waals surface area contributed by atoms with E-state index in [0.717, 1.165) is 61.9 Å². The minimum absolute atomic E-state index is 0.612. The molecule has 1 aliphatic heterocycles. The molecule has 9 heteroatoms. The van der Waals surface area contributed by atoms with E-state index in [4.69, 9.17) is 0 Å². The molecule has 1 saturated heterocycles. The van der Waals surface area contributed by atoms with Crippen LogP contribution < -0.4 is 10.2 Å². The molecule has 1 aliphatic rings. The maximum absolute atomic E-state index is 4.47. The van der Waals surface area contributed by atoms with Crippen LogP contribution in [0.25, 0.3) is 5.82 Å². The molecule has 0 aliphatic carbocycles. The Labute approximate surface area is 158 Å². The Bertz CT molecular complexity index is 876. The van der Waals surface area contributed by atoms with Crippen molar-refractivity contribution in [3.8, 4) is 5.82 Å². The van der Waals surface area contributed by atoms with Crippen LogP contribution in [-0.4, -0.2) is 54.9 Å². The van der Waals surface area contributed by atoms with E-state index in [1.807, 2.05) is 43.3 Å². The second-order valence-corrected chi connectivity index (χ2v) is 7.09. The number of anilines is 1. The van der Waals surface area contributed by atoms with Crippen molar-refractivity contribution in [2.24, 2.45) is 5.92 Å². The maximum Gasteiger partial charge on any atom is 0.158 e. The number of piperidine rings is 1. The summed E-state index contributed by atoms with van der Waals surface area (Å²) in [4.78, 5) is 11.1. The van der Waals surface area contributed by atoms with Gasteiger partial charge in [0, 0.05) is 44.6 Å². The van der Waals surface area contributed by atoms with Gasteiger partial charge in [-0.15, -0.1) is 5.10 Å². The normalized spacial score (nSPS) is 15.4. The first kappa shape index (κ1) is 17.6. The van der Waals surface area contributed by atoms with Crippen LogP contribution in [0.3, 0.4) is 0 Å². The van der Waals surface area contributed by atoms with Gasteiger partial charge >= 0.3 is 0 Å². The van der Waals surface area contributed by atoms with Gasteiger partial charge in [0.1, 0.15) is 12.1 Å². The fraction of sp³-hybridized carbons (Fsp3) is 0.500. The molecule has 0 saturated carbocycles. The summed E-state index contributed by atoms with van der Waals surface area (Å²) in [5.41, 5.74) is 2.10. The molecular weight excluding hydrogens is 342 g/mol. The Morgan fingerprint density at radius 1 is 1.15 bits per heavy atom. The van der Waals surface area contributed by atoms with Crippen molar-refractivity contribution < 1.29 is 0 Å². The number of hydrogen-bond acceptors (Lipinski definition) is 7. The summed E-state index contributed by atoms with van der Waals surface area (Å²) in [5.74, 6) is 2.37. The number of nitrogens with zero attached hydrogens (tertiary/aromatic N) is 8. The van der Waals surface area contributed by atoms with Gasteiger partial charge in [-0.25, -0.2) is 14.6 Å². The summed E-state index contributed by atoms with van der Waals surface area (Å²) in [6, 6.07) is 2.01. The Kier molecular flexibility index (Phi) is 5.10. The van der Waals surface area contributed by atoms with E-state index in [1.54, 1.807) is 11.0 Å². The van der Waals surface area contributed by atoms with Gasteiger partial charge in [-0.3, -0.25) is 4.68 Å². The number of aryl methyl sites for hydroxylation is 1. The Hall–Kier alpha value is -2.81. The Morgan fingerprint density at radius 3 is 2.70 bits per heavy atom. The number of rotatable bonds is 6. The van der Waals surface area contributed by atoms with Crippen LogP contribution >= 0.6 is 0 Å². The molecule has 9 nitrogen and oxygen atoms in total. The zero-order valence-electron chi connectivity index (χ0n) is 15.8. The van der Waals surface area contributed by atoms with Gasteiger partial charge in [-0.2, -0.15) is 5.10 Å². The van der Waals surface area contributed by atoms with Crippen LogP contribution in [0.4, 0.5) is 5.82 Å². The molecular formula is C18H25N9. The van der Waals surface area contributed by atoms with Crippen LogP contribution in [0.15, 0.2) is 31.0 Å². The first-order valence-corrected chi connectivity index (χ1v) is 9.33. The number of aromatic nitrogens is 7. The van der Waals surface area contributed by atoms with Crippen molar-refractivity contribution in [3.05, 3.63) is 42.2 Å². The lowest BCUT2D eigenvalue weighted by Crippen LogP contribution is -2.35. The van der Waals surface area contributed by atoms with E-state index in [2.05, 4.69) is 35.6 Å². The maximum atomic E-state index is 4.47. The predicted octanol–water partition coefficient (Wildman–Crippen LogP) is 1.20. The van der Waals surface area contributed by atoms with Gasteiger partial charge in [0.15, 0.2) is 5.82 Å². The second kappa shape index (κ2) is 7.83. The molecule has 4 heterocycles. The van der Waals surface area contributed by atoms with Crippen molar-refractivity contribution in [1.29, 1.82) is 0 Å². The monoisotopic (exact) mass is 367 g/mol. The quantitative estimate of drug-likeness (QED) is 0.700. The fourth-order valence-corrected chi connectivity index (χ4v) is 3.47. The van der Waals surface area contributed by atoms with Crippen molar-refractivity contribution in [2.45, 2.75) is 32.9 Å². The van der Waals surface area contributed by atoms with Gasteiger partial charge < -0.3 is 10.2 Å². The molecule has 1 N–H and O–H groups in total. The lowest BCUT2D eigenvalue weighted by Gasteiger charge is -2.32. The molecule has 3 aromatic heterocycles. The molecule has 27 heavy (non-hydrogen) atoms. The molecule has 0 bridgehead atoms. The molecule has 0 aromatic carbocycles. The largest absolute Gasteiger partial charge is 0.356 e. The van der Waals surface area contributed by atoms with Crippen molar-refractivity contribution in [3.63, 3.8) is 0 Å².